The van der Waals surface area contributed by atoms with Crippen molar-refractivity contribution in [1.82, 2.24) is 10.0 Å². The summed E-state index contributed by atoms with van der Waals surface area (Å²) in [6, 6.07) is 4.67. The van der Waals surface area contributed by atoms with Crippen LogP contribution < -0.4 is 19.5 Å². The molecule has 21 heavy (non-hydrogen) atoms. The van der Waals surface area contributed by atoms with Gasteiger partial charge in [-0.2, -0.15) is 0 Å². The summed E-state index contributed by atoms with van der Waals surface area (Å²) in [7, 11) is -0.664. The summed E-state index contributed by atoms with van der Waals surface area (Å²) in [5.74, 6) is 0.830. The highest BCUT2D eigenvalue weighted by atomic mass is 32.2. The lowest BCUT2D eigenvalue weighted by atomic mass is 10.0. The zero-order chi connectivity index (χ0) is 15.5. The minimum Gasteiger partial charge on any atom is -0.497 e. The van der Waals surface area contributed by atoms with E-state index in [4.69, 9.17) is 9.47 Å². The molecule has 2 atom stereocenters. The van der Waals surface area contributed by atoms with Crippen molar-refractivity contribution in [3.8, 4) is 11.5 Å². The van der Waals surface area contributed by atoms with Gasteiger partial charge >= 0.3 is 0 Å². The Bertz CT molecular complexity index is 589. The van der Waals surface area contributed by atoms with Gasteiger partial charge in [-0.3, -0.25) is 0 Å². The number of sulfonamides is 1. The first-order valence-electron chi connectivity index (χ1n) is 6.95. The molecule has 118 valence electrons. The summed E-state index contributed by atoms with van der Waals surface area (Å²) in [5, 5.41) is 3.27. The molecule has 1 aliphatic heterocycles. The van der Waals surface area contributed by atoms with Gasteiger partial charge in [0.25, 0.3) is 0 Å². The first kappa shape index (κ1) is 16.1. The maximum Gasteiger partial charge on any atom is 0.244 e. The quantitative estimate of drug-likeness (QED) is 0.852. The van der Waals surface area contributed by atoms with Crippen LogP contribution in [0.1, 0.15) is 19.8 Å². The Labute approximate surface area is 125 Å². The Morgan fingerprint density at radius 3 is 2.67 bits per heavy atom. The van der Waals surface area contributed by atoms with Gasteiger partial charge in [-0.1, -0.05) is 0 Å². The number of hydrogen-bond donors (Lipinski definition) is 2. The van der Waals surface area contributed by atoms with Crippen molar-refractivity contribution in [2.75, 3.05) is 20.8 Å². The van der Waals surface area contributed by atoms with Crippen LogP contribution in [0.2, 0.25) is 0 Å². The number of ether oxygens (including phenoxy) is 2. The number of rotatable bonds is 5. The molecule has 2 unspecified atom stereocenters. The van der Waals surface area contributed by atoms with E-state index in [-0.39, 0.29) is 22.7 Å². The molecule has 0 spiro atoms. The second kappa shape index (κ2) is 6.64. The number of benzene rings is 1. The zero-order valence-corrected chi connectivity index (χ0v) is 13.4. The zero-order valence-electron chi connectivity index (χ0n) is 12.5. The highest BCUT2D eigenvalue weighted by Gasteiger charge is 2.28. The van der Waals surface area contributed by atoms with E-state index in [9.17, 15) is 8.42 Å². The molecule has 0 aromatic heterocycles. The van der Waals surface area contributed by atoms with Gasteiger partial charge in [0, 0.05) is 18.2 Å². The third-order valence-electron chi connectivity index (χ3n) is 3.73. The molecule has 1 heterocycles. The average Bonchev–Trinajstić information content (AvgIpc) is 2.48. The van der Waals surface area contributed by atoms with Gasteiger partial charge in [0.2, 0.25) is 10.0 Å². The predicted molar refractivity (Wildman–Crippen MR) is 80.4 cm³/mol. The third kappa shape index (κ3) is 3.66. The molecule has 0 saturated carbocycles. The van der Waals surface area contributed by atoms with Crippen LogP contribution in [0.3, 0.4) is 0 Å². The van der Waals surface area contributed by atoms with E-state index in [2.05, 4.69) is 10.0 Å². The lowest BCUT2D eigenvalue weighted by Gasteiger charge is -2.30. The van der Waals surface area contributed by atoms with Gasteiger partial charge in [-0.15, -0.1) is 0 Å². The van der Waals surface area contributed by atoms with Crippen molar-refractivity contribution >= 4 is 10.0 Å². The monoisotopic (exact) mass is 314 g/mol. The fourth-order valence-corrected chi connectivity index (χ4v) is 3.97. The Morgan fingerprint density at radius 2 is 2.05 bits per heavy atom. The third-order valence-corrected chi connectivity index (χ3v) is 5.26. The maximum atomic E-state index is 12.6. The van der Waals surface area contributed by atoms with E-state index in [0.717, 1.165) is 19.4 Å². The van der Waals surface area contributed by atoms with E-state index in [0.29, 0.717) is 5.75 Å². The molecule has 2 rings (SSSR count). The summed E-state index contributed by atoms with van der Waals surface area (Å²) in [4.78, 5) is 0.128. The first-order chi connectivity index (χ1) is 9.97. The Balaban J connectivity index is 2.26. The van der Waals surface area contributed by atoms with E-state index in [1.165, 1.54) is 20.3 Å². The second-order valence-electron chi connectivity index (χ2n) is 5.13. The van der Waals surface area contributed by atoms with Crippen molar-refractivity contribution in [2.45, 2.75) is 36.7 Å². The van der Waals surface area contributed by atoms with Gasteiger partial charge in [0.05, 0.1) is 14.2 Å². The number of methoxy groups -OCH3 is 2. The fraction of sp³-hybridized carbons (Fsp3) is 0.571. The minimum atomic E-state index is -3.63. The van der Waals surface area contributed by atoms with E-state index in [1.807, 2.05) is 6.92 Å². The lowest BCUT2D eigenvalue weighted by Crippen LogP contribution is -2.51. The lowest BCUT2D eigenvalue weighted by molar-refractivity contribution is 0.347. The van der Waals surface area contributed by atoms with Gasteiger partial charge in [-0.25, -0.2) is 13.1 Å². The number of piperidine rings is 1. The molecule has 1 aromatic carbocycles. The Morgan fingerprint density at radius 1 is 1.29 bits per heavy atom. The predicted octanol–water partition coefficient (Wildman–Crippen LogP) is 1.12. The highest BCUT2D eigenvalue weighted by Crippen LogP contribution is 2.28. The van der Waals surface area contributed by atoms with Gasteiger partial charge in [0.1, 0.15) is 16.4 Å². The Kier molecular flexibility index (Phi) is 5.08. The SMILES string of the molecule is COc1ccc(S(=O)(=O)NC2CCCNC2C)c(OC)c1. The van der Waals surface area contributed by atoms with Gasteiger partial charge in [-0.05, 0) is 38.4 Å². The molecule has 1 aliphatic rings. The molecule has 0 aliphatic carbocycles. The molecular formula is C14H22N2O4S. The summed E-state index contributed by atoms with van der Waals surface area (Å²) >= 11 is 0. The molecule has 0 bridgehead atoms. The average molecular weight is 314 g/mol. The van der Waals surface area contributed by atoms with Crippen LogP contribution in [-0.4, -0.2) is 41.3 Å². The smallest absolute Gasteiger partial charge is 0.244 e. The summed E-state index contributed by atoms with van der Waals surface area (Å²) in [5.41, 5.74) is 0. The van der Waals surface area contributed by atoms with Crippen LogP contribution in [0, 0.1) is 0 Å². The summed E-state index contributed by atoms with van der Waals surface area (Å²) in [6.45, 7) is 2.91. The van der Waals surface area contributed by atoms with E-state index in [1.54, 1.807) is 12.1 Å². The normalized spacial score (nSPS) is 22.8. The van der Waals surface area contributed by atoms with Crippen LogP contribution in [-0.2, 0) is 10.0 Å². The van der Waals surface area contributed by atoms with Crippen molar-refractivity contribution < 1.29 is 17.9 Å². The first-order valence-corrected chi connectivity index (χ1v) is 8.44. The minimum absolute atomic E-state index is 0.109. The van der Waals surface area contributed by atoms with E-state index >= 15 is 0 Å². The fourth-order valence-electron chi connectivity index (χ4n) is 2.46. The molecule has 7 heteroatoms. The van der Waals surface area contributed by atoms with Crippen molar-refractivity contribution in [3.63, 3.8) is 0 Å². The molecule has 6 nitrogen and oxygen atoms in total. The highest BCUT2D eigenvalue weighted by molar-refractivity contribution is 7.89. The van der Waals surface area contributed by atoms with Crippen LogP contribution in [0.4, 0.5) is 0 Å². The topological polar surface area (TPSA) is 76.7 Å². The molecule has 2 N–H and O–H groups in total. The van der Waals surface area contributed by atoms with Crippen molar-refractivity contribution in [1.29, 1.82) is 0 Å². The largest absolute Gasteiger partial charge is 0.497 e. The maximum absolute atomic E-state index is 12.6. The van der Waals surface area contributed by atoms with Crippen molar-refractivity contribution in [2.24, 2.45) is 0 Å². The molecule has 0 radical (unpaired) electrons. The van der Waals surface area contributed by atoms with Crippen LogP contribution in [0.15, 0.2) is 23.1 Å². The summed E-state index contributed by atoms with van der Waals surface area (Å²) in [6.07, 6.45) is 1.78. The number of nitrogens with one attached hydrogen (secondary N) is 2. The molecule has 0 amide bonds. The number of hydrogen-bond acceptors (Lipinski definition) is 5. The molecule has 1 saturated heterocycles. The van der Waals surface area contributed by atoms with Crippen molar-refractivity contribution in [3.05, 3.63) is 18.2 Å². The Hall–Kier alpha value is -1.31. The van der Waals surface area contributed by atoms with Crippen LogP contribution in [0.5, 0.6) is 11.5 Å². The van der Waals surface area contributed by atoms with E-state index < -0.39 is 10.0 Å². The second-order valence-corrected chi connectivity index (χ2v) is 6.81. The van der Waals surface area contributed by atoms with Gasteiger partial charge < -0.3 is 14.8 Å². The molecule has 1 fully saturated rings. The standard InChI is InChI=1S/C14H22N2O4S/c1-10-12(5-4-8-15-10)16-21(17,18)14-7-6-11(19-2)9-13(14)20-3/h6-7,9-10,12,15-16H,4-5,8H2,1-3H3. The van der Waals surface area contributed by atoms with Crippen LogP contribution >= 0.6 is 0 Å². The summed E-state index contributed by atoms with van der Waals surface area (Å²) < 4.78 is 38.2. The molecular weight excluding hydrogens is 292 g/mol. The molecule has 1 aromatic rings. The van der Waals surface area contributed by atoms with Gasteiger partial charge in [0.15, 0.2) is 0 Å². The van der Waals surface area contributed by atoms with Crippen LogP contribution in [0.25, 0.3) is 0 Å².